The van der Waals surface area contributed by atoms with Crippen molar-refractivity contribution in [2.45, 2.75) is 40.8 Å². The first-order chi connectivity index (χ1) is 15.8. The molecule has 0 saturated heterocycles. The first-order valence-electron chi connectivity index (χ1n) is 10.7. The molecule has 4 aromatic rings. The molecular formula is C25H25ClN4O2S. The number of hydrogen-bond acceptors (Lipinski definition) is 6. The summed E-state index contributed by atoms with van der Waals surface area (Å²) in [4.78, 5) is 26.4. The minimum Gasteiger partial charge on any atom is -0.487 e. The Labute approximate surface area is 202 Å². The van der Waals surface area contributed by atoms with Gasteiger partial charge in [0.05, 0.1) is 22.6 Å². The number of carbonyl (C=O) groups excluding carboxylic acids is 1. The van der Waals surface area contributed by atoms with Gasteiger partial charge in [-0.2, -0.15) is 0 Å². The molecule has 33 heavy (non-hydrogen) atoms. The summed E-state index contributed by atoms with van der Waals surface area (Å²) in [6, 6.07) is 9.85. The second-order valence-corrected chi connectivity index (χ2v) is 9.36. The van der Waals surface area contributed by atoms with Crippen LogP contribution in [-0.2, 0) is 17.9 Å². The summed E-state index contributed by atoms with van der Waals surface area (Å²) >= 11 is 7.83. The summed E-state index contributed by atoms with van der Waals surface area (Å²) < 4.78 is 6.28. The van der Waals surface area contributed by atoms with Gasteiger partial charge in [-0.05, 0) is 37.6 Å². The van der Waals surface area contributed by atoms with Crippen molar-refractivity contribution in [2.24, 2.45) is 5.92 Å². The molecule has 0 radical (unpaired) electrons. The lowest BCUT2D eigenvalue weighted by molar-refractivity contribution is -0.124. The summed E-state index contributed by atoms with van der Waals surface area (Å²) in [5, 5.41) is 4.38. The molecule has 1 aromatic carbocycles. The number of nitrogens with one attached hydrogen (secondary N) is 1. The van der Waals surface area contributed by atoms with Crippen LogP contribution in [0.3, 0.4) is 0 Å². The van der Waals surface area contributed by atoms with Gasteiger partial charge in [0, 0.05) is 34.3 Å². The number of pyridine rings is 2. The molecular weight excluding hydrogens is 456 g/mol. The van der Waals surface area contributed by atoms with Crippen LogP contribution in [0.25, 0.3) is 21.3 Å². The van der Waals surface area contributed by atoms with Crippen LogP contribution in [0.15, 0.2) is 42.0 Å². The maximum Gasteiger partial charge on any atom is 0.222 e. The van der Waals surface area contributed by atoms with E-state index in [9.17, 15) is 4.79 Å². The third-order valence-corrected chi connectivity index (χ3v) is 6.66. The summed E-state index contributed by atoms with van der Waals surface area (Å²) in [6.45, 7) is 8.38. The number of amides is 1. The first-order valence-corrected chi connectivity index (χ1v) is 11.9. The number of nitrogens with zero attached hydrogens (tertiary/aromatic N) is 3. The van der Waals surface area contributed by atoms with E-state index >= 15 is 0 Å². The molecule has 8 heteroatoms. The topological polar surface area (TPSA) is 77.0 Å². The number of fused-ring (bicyclic) bond motifs is 1. The molecule has 0 aliphatic carbocycles. The predicted molar refractivity (Wildman–Crippen MR) is 133 cm³/mol. The largest absolute Gasteiger partial charge is 0.487 e. The van der Waals surface area contributed by atoms with Gasteiger partial charge < -0.3 is 10.1 Å². The monoisotopic (exact) mass is 480 g/mol. The van der Waals surface area contributed by atoms with Crippen LogP contribution < -0.4 is 10.1 Å². The highest BCUT2D eigenvalue weighted by Crippen LogP contribution is 2.38. The predicted octanol–water partition coefficient (Wildman–Crippen LogP) is 5.87. The molecule has 3 aromatic heterocycles. The van der Waals surface area contributed by atoms with Gasteiger partial charge in [0.15, 0.2) is 0 Å². The van der Waals surface area contributed by atoms with E-state index in [-0.39, 0.29) is 11.8 Å². The minimum absolute atomic E-state index is 0.00633. The van der Waals surface area contributed by atoms with E-state index in [0.29, 0.717) is 24.1 Å². The van der Waals surface area contributed by atoms with E-state index in [1.54, 1.807) is 11.7 Å². The number of hydrogen-bond donors (Lipinski definition) is 1. The number of thiazole rings is 1. The second kappa shape index (κ2) is 9.85. The molecule has 1 N–H and O–H groups in total. The zero-order valence-corrected chi connectivity index (χ0v) is 20.5. The molecule has 1 amide bonds. The summed E-state index contributed by atoms with van der Waals surface area (Å²) in [7, 11) is 0. The van der Waals surface area contributed by atoms with Crippen LogP contribution >= 0.6 is 22.9 Å². The van der Waals surface area contributed by atoms with Gasteiger partial charge in [0.1, 0.15) is 23.0 Å². The van der Waals surface area contributed by atoms with E-state index in [1.807, 2.05) is 58.0 Å². The Morgan fingerprint density at radius 2 is 2.03 bits per heavy atom. The van der Waals surface area contributed by atoms with Crippen molar-refractivity contribution in [1.82, 2.24) is 20.3 Å². The fraction of sp³-hybridized carbons (Fsp3) is 0.280. The maximum atomic E-state index is 12.0. The van der Waals surface area contributed by atoms with Gasteiger partial charge in [0.25, 0.3) is 0 Å². The number of aryl methyl sites for hydroxylation is 2. The third kappa shape index (κ3) is 4.99. The van der Waals surface area contributed by atoms with Gasteiger partial charge in [-0.25, -0.2) is 9.97 Å². The lowest BCUT2D eigenvalue weighted by Crippen LogP contribution is -2.28. The number of aromatic nitrogens is 3. The van der Waals surface area contributed by atoms with E-state index in [0.717, 1.165) is 43.9 Å². The molecule has 0 aliphatic heterocycles. The van der Waals surface area contributed by atoms with Crippen molar-refractivity contribution in [3.05, 3.63) is 69.7 Å². The van der Waals surface area contributed by atoms with Crippen molar-refractivity contribution in [3.8, 4) is 16.2 Å². The Bertz CT molecular complexity index is 1320. The Morgan fingerprint density at radius 1 is 1.21 bits per heavy atom. The Hall–Kier alpha value is -3.03. The van der Waals surface area contributed by atoms with E-state index < -0.39 is 0 Å². The number of para-hydroxylation sites is 1. The Balaban J connectivity index is 1.66. The van der Waals surface area contributed by atoms with E-state index in [4.69, 9.17) is 21.3 Å². The third-order valence-electron chi connectivity index (χ3n) is 5.40. The van der Waals surface area contributed by atoms with Crippen molar-refractivity contribution >= 4 is 39.7 Å². The van der Waals surface area contributed by atoms with Crippen LogP contribution in [0.1, 0.15) is 36.4 Å². The molecule has 0 bridgehead atoms. The molecule has 170 valence electrons. The van der Waals surface area contributed by atoms with E-state index in [2.05, 4.69) is 15.3 Å². The van der Waals surface area contributed by atoms with Gasteiger partial charge >= 0.3 is 0 Å². The quantitative estimate of drug-likeness (QED) is 0.357. The lowest BCUT2D eigenvalue weighted by atomic mass is 10.1. The SMILES string of the molecule is Cc1cc(-c2scnc2Cl)c2cccc(OCc3c(C)ccnc3CNC(=O)C(C)C)c2n1. The number of benzene rings is 1. The molecule has 0 fully saturated rings. The Kier molecular flexibility index (Phi) is 6.91. The smallest absolute Gasteiger partial charge is 0.222 e. The molecule has 0 atom stereocenters. The average Bonchev–Trinajstić information content (AvgIpc) is 3.21. The maximum absolute atomic E-state index is 12.0. The minimum atomic E-state index is -0.0826. The van der Waals surface area contributed by atoms with Crippen molar-refractivity contribution in [1.29, 1.82) is 0 Å². The fourth-order valence-electron chi connectivity index (χ4n) is 3.58. The summed E-state index contributed by atoms with van der Waals surface area (Å²) in [6.07, 6.45) is 1.75. The van der Waals surface area contributed by atoms with Crippen LogP contribution in [0, 0.1) is 19.8 Å². The Morgan fingerprint density at radius 3 is 2.76 bits per heavy atom. The van der Waals surface area contributed by atoms with Gasteiger partial charge in [-0.1, -0.05) is 37.6 Å². The molecule has 0 unspecified atom stereocenters. The lowest BCUT2D eigenvalue weighted by Gasteiger charge is -2.16. The zero-order valence-electron chi connectivity index (χ0n) is 19.0. The van der Waals surface area contributed by atoms with Crippen molar-refractivity contribution in [2.75, 3.05) is 0 Å². The molecule has 3 heterocycles. The number of ether oxygens (including phenoxy) is 1. The molecule has 6 nitrogen and oxygen atoms in total. The highest BCUT2D eigenvalue weighted by atomic mass is 35.5. The highest BCUT2D eigenvalue weighted by molar-refractivity contribution is 7.14. The normalized spacial score (nSPS) is 11.2. The van der Waals surface area contributed by atoms with Crippen molar-refractivity contribution in [3.63, 3.8) is 0 Å². The fourth-order valence-corrected chi connectivity index (χ4v) is 4.63. The molecule has 0 spiro atoms. The first kappa shape index (κ1) is 23.1. The van der Waals surface area contributed by atoms with E-state index in [1.165, 1.54) is 11.3 Å². The second-order valence-electron chi connectivity index (χ2n) is 8.15. The van der Waals surface area contributed by atoms with Gasteiger partial charge in [-0.15, -0.1) is 11.3 Å². The molecule has 0 saturated carbocycles. The zero-order chi connectivity index (χ0) is 23.5. The van der Waals surface area contributed by atoms with Crippen LogP contribution in [0.4, 0.5) is 0 Å². The van der Waals surface area contributed by atoms with Crippen LogP contribution in [-0.4, -0.2) is 20.9 Å². The van der Waals surface area contributed by atoms with Gasteiger partial charge in [-0.3, -0.25) is 9.78 Å². The standard InChI is InChI=1S/C25H25ClN4O2S/c1-14(2)25(31)28-11-20-19(15(3)8-9-27-20)12-32-21-7-5-6-17-18(10-16(4)30-22(17)21)23-24(26)29-13-33-23/h5-10,13-14H,11-12H2,1-4H3,(H,28,31). The molecule has 0 aliphatic rings. The van der Waals surface area contributed by atoms with Gasteiger partial charge in [0.2, 0.25) is 5.91 Å². The highest BCUT2D eigenvalue weighted by Gasteiger charge is 2.16. The number of carbonyl (C=O) groups is 1. The number of rotatable bonds is 7. The van der Waals surface area contributed by atoms with Crippen LogP contribution in [0.2, 0.25) is 5.15 Å². The van der Waals surface area contributed by atoms with Crippen LogP contribution in [0.5, 0.6) is 5.75 Å². The average molecular weight is 481 g/mol. The summed E-state index contributed by atoms with van der Waals surface area (Å²) in [5.41, 5.74) is 7.18. The summed E-state index contributed by atoms with van der Waals surface area (Å²) in [5.74, 6) is 0.590. The van der Waals surface area contributed by atoms with Crippen molar-refractivity contribution < 1.29 is 9.53 Å². The molecule has 4 rings (SSSR count). The number of halogens is 1.